The van der Waals surface area contributed by atoms with Crippen LogP contribution in [-0.4, -0.2) is 19.6 Å². The van der Waals surface area contributed by atoms with Gasteiger partial charge in [-0.15, -0.1) is 0 Å². The zero-order valence-electron chi connectivity index (χ0n) is 13.6. The van der Waals surface area contributed by atoms with E-state index in [0.29, 0.717) is 39.4 Å². The number of ether oxygens (including phenoxy) is 2. The first-order chi connectivity index (χ1) is 11.6. The Kier molecular flexibility index (Phi) is 6.76. The van der Waals surface area contributed by atoms with Crippen molar-refractivity contribution in [3.63, 3.8) is 0 Å². The highest BCUT2D eigenvalue weighted by atomic mass is 35.5. The normalized spacial score (nSPS) is 10.3. The smallest absolute Gasteiger partial charge is 0.255 e. The molecular formula is C18H19Cl2NO3. The van der Waals surface area contributed by atoms with Gasteiger partial charge >= 0.3 is 0 Å². The summed E-state index contributed by atoms with van der Waals surface area (Å²) in [4.78, 5) is 12.5. The molecule has 0 aliphatic rings. The van der Waals surface area contributed by atoms with Crippen molar-refractivity contribution in [2.45, 2.75) is 19.8 Å². The SMILES string of the molecule is CCCCOc1cc(C(=O)Nc2c(Cl)cccc2Cl)ccc1OC. The van der Waals surface area contributed by atoms with E-state index in [0.717, 1.165) is 12.8 Å². The van der Waals surface area contributed by atoms with Gasteiger partial charge in [0.1, 0.15) is 0 Å². The van der Waals surface area contributed by atoms with Crippen molar-refractivity contribution in [3.8, 4) is 11.5 Å². The summed E-state index contributed by atoms with van der Waals surface area (Å²) < 4.78 is 11.0. The number of carbonyl (C=O) groups excluding carboxylic acids is 1. The first kappa shape index (κ1) is 18.4. The van der Waals surface area contributed by atoms with Gasteiger partial charge in [0.05, 0.1) is 29.4 Å². The van der Waals surface area contributed by atoms with Crippen LogP contribution in [0.2, 0.25) is 10.0 Å². The van der Waals surface area contributed by atoms with Crippen LogP contribution in [0.25, 0.3) is 0 Å². The lowest BCUT2D eigenvalue weighted by molar-refractivity contribution is 0.102. The molecule has 6 heteroatoms. The molecular weight excluding hydrogens is 349 g/mol. The van der Waals surface area contributed by atoms with Crippen molar-refractivity contribution in [2.24, 2.45) is 0 Å². The van der Waals surface area contributed by atoms with Crippen LogP contribution in [0.15, 0.2) is 36.4 Å². The molecule has 2 rings (SSSR count). The number of halogens is 2. The van der Waals surface area contributed by atoms with Gasteiger partial charge in [-0.25, -0.2) is 0 Å². The van der Waals surface area contributed by atoms with Gasteiger partial charge in [0, 0.05) is 5.56 Å². The highest BCUT2D eigenvalue weighted by molar-refractivity contribution is 6.40. The summed E-state index contributed by atoms with van der Waals surface area (Å²) in [5.74, 6) is 0.787. The van der Waals surface area contributed by atoms with Gasteiger partial charge < -0.3 is 14.8 Å². The van der Waals surface area contributed by atoms with Crippen LogP contribution < -0.4 is 14.8 Å². The maximum atomic E-state index is 12.5. The lowest BCUT2D eigenvalue weighted by atomic mass is 10.1. The van der Waals surface area contributed by atoms with Crippen LogP contribution in [-0.2, 0) is 0 Å². The highest BCUT2D eigenvalue weighted by Crippen LogP contribution is 2.32. The lowest BCUT2D eigenvalue weighted by Crippen LogP contribution is -2.13. The maximum Gasteiger partial charge on any atom is 0.255 e. The number of benzene rings is 2. The monoisotopic (exact) mass is 367 g/mol. The van der Waals surface area contributed by atoms with Crippen molar-refractivity contribution >= 4 is 34.8 Å². The minimum absolute atomic E-state index is 0.326. The van der Waals surface area contributed by atoms with Crippen molar-refractivity contribution in [1.29, 1.82) is 0 Å². The average molecular weight is 368 g/mol. The summed E-state index contributed by atoms with van der Waals surface area (Å²) in [6.45, 7) is 2.64. The molecule has 0 bridgehead atoms. The predicted octanol–water partition coefficient (Wildman–Crippen LogP) is 5.43. The summed E-state index contributed by atoms with van der Waals surface area (Å²) in [5.41, 5.74) is 0.813. The van der Waals surface area contributed by atoms with Crippen molar-refractivity contribution in [1.82, 2.24) is 0 Å². The summed E-state index contributed by atoms with van der Waals surface area (Å²) in [6.07, 6.45) is 1.95. The van der Waals surface area contributed by atoms with Crippen LogP contribution >= 0.6 is 23.2 Å². The van der Waals surface area contributed by atoms with Gasteiger partial charge in [-0.3, -0.25) is 4.79 Å². The third kappa shape index (κ3) is 4.56. The van der Waals surface area contributed by atoms with Crippen LogP contribution in [0.1, 0.15) is 30.1 Å². The molecule has 4 nitrogen and oxygen atoms in total. The second-order valence-electron chi connectivity index (χ2n) is 5.12. The molecule has 0 fully saturated rings. The van der Waals surface area contributed by atoms with E-state index >= 15 is 0 Å². The second-order valence-corrected chi connectivity index (χ2v) is 5.93. The third-order valence-electron chi connectivity index (χ3n) is 3.38. The van der Waals surface area contributed by atoms with E-state index in [1.54, 1.807) is 43.5 Å². The second kappa shape index (κ2) is 8.81. The third-order valence-corrected chi connectivity index (χ3v) is 4.01. The number of hydrogen-bond acceptors (Lipinski definition) is 3. The van der Waals surface area contributed by atoms with E-state index < -0.39 is 0 Å². The Morgan fingerprint density at radius 1 is 1.12 bits per heavy atom. The minimum Gasteiger partial charge on any atom is -0.493 e. The lowest BCUT2D eigenvalue weighted by Gasteiger charge is -2.13. The molecule has 0 heterocycles. The molecule has 0 spiro atoms. The Labute approximate surface area is 151 Å². The Morgan fingerprint density at radius 2 is 1.83 bits per heavy atom. The van der Waals surface area contributed by atoms with Crippen molar-refractivity contribution < 1.29 is 14.3 Å². The average Bonchev–Trinajstić information content (AvgIpc) is 2.58. The summed E-state index contributed by atoms with van der Waals surface area (Å²) in [7, 11) is 1.56. The largest absolute Gasteiger partial charge is 0.493 e. The number of methoxy groups -OCH3 is 1. The Bertz CT molecular complexity index is 699. The molecule has 0 aromatic heterocycles. The van der Waals surface area contributed by atoms with E-state index in [9.17, 15) is 4.79 Å². The molecule has 128 valence electrons. The first-order valence-electron chi connectivity index (χ1n) is 7.63. The number of rotatable bonds is 7. The molecule has 0 atom stereocenters. The van der Waals surface area contributed by atoms with Gasteiger partial charge in [-0.2, -0.15) is 0 Å². The van der Waals surface area contributed by atoms with E-state index in [1.165, 1.54) is 0 Å². The van der Waals surface area contributed by atoms with Gasteiger partial charge in [0.2, 0.25) is 0 Å². The van der Waals surface area contributed by atoms with E-state index in [1.807, 2.05) is 0 Å². The number of anilines is 1. The molecule has 0 aliphatic heterocycles. The fourth-order valence-electron chi connectivity index (χ4n) is 2.06. The Balaban J connectivity index is 2.21. The first-order valence-corrected chi connectivity index (χ1v) is 8.38. The Hall–Kier alpha value is -1.91. The van der Waals surface area contributed by atoms with Crippen molar-refractivity contribution in [2.75, 3.05) is 19.0 Å². The van der Waals surface area contributed by atoms with Gasteiger partial charge in [-0.05, 0) is 36.8 Å². The summed E-state index contributed by atoms with van der Waals surface area (Å²) >= 11 is 12.2. The molecule has 2 aromatic rings. The van der Waals surface area contributed by atoms with E-state index in [-0.39, 0.29) is 5.91 Å². The zero-order valence-corrected chi connectivity index (χ0v) is 15.1. The standard InChI is InChI=1S/C18H19Cl2NO3/c1-3-4-10-24-16-11-12(8-9-15(16)23-2)18(22)21-17-13(19)6-5-7-14(17)20/h5-9,11H,3-4,10H2,1-2H3,(H,21,22). The molecule has 1 amide bonds. The summed E-state index contributed by atoms with van der Waals surface area (Å²) in [5, 5.41) is 3.48. The summed E-state index contributed by atoms with van der Waals surface area (Å²) in [6, 6.07) is 10.0. The van der Waals surface area contributed by atoms with Gasteiger partial charge in [-0.1, -0.05) is 42.6 Å². The molecule has 0 saturated heterocycles. The fourth-order valence-corrected chi connectivity index (χ4v) is 2.55. The number of unbranched alkanes of at least 4 members (excludes halogenated alkanes) is 1. The van der Waals surface area contributed by atoms with Crippen LogP contribution in [0.4, 0.5) is 5.69 Å². The zero-order chi connectivity index (χ0) is 17.5. The topological polar surface area (TPSA) is 47.6 Å². The van der Waals surface area contributed by atoms with Crippen LogP contribution in [0.3, 0.4) is 0 Å². The van der Waals surface area contributed by atoms with Crippen LogP contribution in [0, 0.1) is 0 Å². The van der Waals surface area contributed by atoms with E-state index in [2.05, 4.69) is 12.2 Å². The van der Waals surface area contributed by atoms with E-state index in [4.69, 9.17) is 32.7 Å². The van der Waals surface area contributed by atoms with Crippen molar-refractivity contribution in [3.05, 3.63) is 52.0 Å². The number of amides is 1. The Morgan fingerprint density at radius 3 is 2.46 bits per heavy atom. The predicted molar refractivity (Wildman–Crippen MR) is 97.8 cm³/mol. The highest BCUT2D eigenvalue weighted by Gasteiger charge is 2.14. The number of nitrogens with one attached hydrogen (secondary N) is 1. The van der Waals surface area contributed by atoms with Gasteiger partial charge in [0.25, 0.3) is 5.91 Å². The quantitative estimate of drug-likeness (QED) is 0.663. The number of carbonyl (C=O) groups is 1. The molecule has 0 aliphatic carbocycles. The molecule has 0 radical (unpaired) electrons. The number of para-hydroxylation sites is 1. The minimum atomic E-state index is -0.326. The molecule has 0 saturated carbocycles. The molecule has 0 unspecified atom stereocenters. The fraction of sp³-hybridized carbons (Fsp3) is 0.278. The molecule has 24 heavy (non-hydrogen) atoms. The van der Waals surface area contributed by atoms with Crippen LogP contribution in [0.5, 0.6) is 11.5 Å². The van der Waals surface area contributed by atoms with Gasteiger partial charge in [0.15, 0.2) is 11.5 Å². The maximum absolute atomic E-state index is 12.5. The molecule has 1 N–H and O–H groups in total. The number of hydrogen-bond donors (Lipinski definition) is 1. The molecule has 2 aromatic carbocycles.